The smallest absolute Gasteiger partial charge is 0.339 e. The topological polar surface area (TPSA) is 125 Å². The van der Waals surface area contributed by atoms with Crippen molar-refractivity contribution in [2.75, 3.05) is 5.73 Å². The van der Waals surface area contributed by atoms with E-state index in [1.165, 1.54) is 0 Å². The Labute approximate surface area is 76.6 Å². The molecular formula is C7H6N4O3. The molecule has 0 atom stereocenters. The van der Waals surface area contributed by atoms with Crippen LogP contribution in [-0.4, -0.2) is 26.3 Å². The maximum absolute atomic E-state index is 11.2. The molecule has 0 radical (unpaired) electrons. The zero-order valence-electron chi connectivity index (χ0n) is 6.87. The normalized spacial score (nSPS) is 10.6. The lowest BCUT2D eigenvalue weighted by Crippen LogP contribution is -2.10. The first-order valence-corrected chi connectivity index (χ1v) is 3.70. The SMILES string of the molecule is Nc1n[nH]c2c(C(=O)O)c[nH]c(=O)c12. The summed E-state index contributed by atoms with van der Waals surface area (Å²) in [6.45, 7) is 0. The van der Waals surface area contributed by atoms with Crippen LogP contribution in [0.2, 0.25) is 0 Å². The van der Waals surface area contributed by atoms with Gasteiger partial charge in [0.05, 0.1) is 5.52 Å². The highest BCUT2D eigenvalue weighted by atomic mass is 16.4. The van der Waals surface area contributed by atoms with E-state index in [-0.39, 0.29) is 22.3 Å². The zero-order valence-corrected chi connectivity index (χ0v) is 6.87. The molecule has 14 heavy (non-hydrogen) atoms. The largest absolute Gasteiger partial charge is 0.478 e. The highest BCUT2D eigenvalue weighted by Crippen LogP contribution is 2.15. The molecular weight excluding hydrogens is 188 g/mol. The molecule has 0 bridgehead atoms. The second kappa shape index (κ2) is 2.59. The van der Waals surface area contributed by atoms with Crippen molar-refractivity contribution in [1.82, 2.24) is 15.2 Å². The average Bonchev–Trinajstić information content (AvgIpc) is 2.49. The third-order valence-electron chi connectivity index (χ3n) is 1.87. The van der Waals surface area contributed by atoms with Crippen molar-refractivity contribution in [3.8, 4) is 0 Å². The molecule has 0 saturated carbocycles. The molecule has 2 rings (SSSR count). The lowest BCUT2D eigenvalue weighted by atomic mass is 10.2. The van der Waals surface area contributed by atoms with E-state index in [4.69, 9.17) is 10.8 Å². The van der Waals surface area contributed by atoms with Gasteiger partial charge < -0.3 is 15.8 Å². The summed E-state index contributed by atoms with van der Waals surface area (Å²) in [6.07, 6.45) is 1.10. The number of carbonyl (C=O) groups is 1. The number of hydrogen-bond acceptors (Lipinski definition) is 4. The first-order valence-electron chi connectivity index (χ1n) is 3.70. The van der Waals surface area contributed by atoms with Crippen molar-refractivity contribution in [2.45, 2.75) is 0 Å². The molecule has 0 unspecified atom stereocenters. The van der Waals surface area contributed by atoms with Crippen molar-refractivity contribution in [3.05, 3.63) is 22.1 Å². The van der Waals surface area contributed by atoms with Gasteiger partial charge in [-0.25, -0.2) is 4.79 Å². The highest BCUT2D eigenvalue weighted by Gasteiger charge is 2.14. The number of nitrogens with zero attached hydrogens (tertiary/aromatic N) is 1. The number of aromatic nitrogens is 3. The Bertz CT molecular complexity index is 568. The number of aromatic amines is 2. The van der Waals surface area contributed by atoms with Crippen LogP contribution in [0.25, 0.3) is 10.9 Å². The summed E-state index contributed by atoms with van der Waals surface area (Å²) < 4.78 is 0. The maximum atomic E-state index is 11.2. The molecule has 0 aliphatic heterocycles. The van der Waals surface area contributed by atoms with E-state index in [1.54, 1.807) is 0 Å². The number of fused-ring (bicyclic) bond motifs is 1. The Morgan fingerprint density at radius 1 is 1.57 bits per heavy atom. The number of nitrogen functional groups attached to an aromatic ring is 1. The number of anilines is 1. The number of carboxylic acid groups (broad SMARTS) is 1. The van der Waals surface area contributed by atoms with Crippen LogP contribution < -0.4 is 11.3 Å². The van der Waals surface area contributed by atoms with Gasteiger partial charge >= 0.3 is 5.97 Å². The second-order valence-corrected chi connectivity index (χ2v) is 2.70. The summed E-state index contributed by atoms with van der Waals surface area (Å²) in [7, 11) is 0. The third kappa shape index (κ3) is 0.954. The minimum Gasteiger partial charge on any atom is -0.478 e. The fourth-order valence-electron chi connectivity index (χ4n) is 1.23. The monoisotopic (exact) mass is 194 g/mol. The second-order valence-electron chi connectivity index (χ2n) is 2.70. The predicted molar refractivity (Wildman–Crippen MR) is 48.1 cm³/mol. The van der Waals surface area contributed by atoms with Gasteiger partial charge in [0.2, 0.25) is 0 Å². The maximum Gasteiger partial charge on any atom is 0.339 e. The molecule has 72 valence electrons. The summed E-state index contributed by atoms with van der Waals surface area (Å²) >= 11 is 0. The number of H-pyrrole nitrogens is 2. The van der Waals surface area contributed by atoms with Gasteiger partial charge in [-0.15, -0.1) is 0 Å². The number of pyridine rings is 1. The molecule has 2 aromatic rings. The lowest BCUT2D eigenvalue weighted by molar-refractivity contribution is 0.0698. The van der Waals surface area contributed by atoms with Gasteiger partial charge in [0.25, 0.3) is 5.56 Å². The van der Waals surface area contributed by atoms with E-state index in [9.17, 15) is 9.59 Å². The van der Waals surface area contributed by atoms with Gasteiger partial charge in [0, 0.05) is 6.20 Å². The molecule has 2 aromatic heterocycles. The lowest BCUT2D eigenvalue weighted by Gasteiger charge is -1.94. The number of nitrogens with one attached hydrogen (secondary N) is 2. The summed E-state index contributed by atoms with van der Waals surface area (Å²) in [5, 5.41) is 14.8. The summed E-state index contributed by atoms with van der Waals surface area (Å²) in [6, 6.07) is 0. The highest BCUT2D eigenvalue weighted by molar-refractivity contribution is 6.03. The molecule has 7 nitrogen and oxygen atoms in total. The van der Waals surface area contributed by atoms with E-state index in [2.05, 4.69) is 15.2 Å². The van der Waals surface area contributed by atoms with E-state index in [0.717, 1.165) is 6.20 Å². The first kappa shape index (κ1) is 8.30. The Morgan fingerprint density at radius 2 is 2.29 bits per heavy atom. The summed E-state index contributed by atoms with van der Waals surface area (Å²) in [5.74, 6) is -1.17. The minimum absolute atomic E-state index is 0.00986. The van der Waals surface area contributed by atoms with E-state index in [0.29, 0.717) is 0 Å². The van der Waals surface area contributed by atoms with Gasteiger partial charge in [0.1, 0.15) is 10.9 Å². The van der Waals surface area contributed by atoms with Crippen molar-refractivity contribution < 1.29 is 9.90 Å². The molecule has 0 fully saturated rings. The van der Waals surface area contributed by atoms with Crippen LogP contribution in [0, 0.1) is 0 Å². The van der Waals surface area contributed by atoms with Crippen molar-refractivity contribution in [1.29, 1.82) is 0 Å². The molecule has 5 N–H and O–H groups in total. The Morgan fingerprint density at radius 3 is 2.93 bits per heavy atom. The van der Waals surface area contributed by atoms with Gasteiger partial charge in [0.15, 0.2) is 5.82 Å². The number of aromatic carboxylic acids is 1. The Hall–Kier alpha value is -2.31. The summed E-state index contributed by atoms with van der Waals surface area (Å²) in [4.78, 5) is 24.2. The van der Waals surface area contributed by atoms with Crippen LogP contribution in [0.4, 0.5) is 5.82 Å². The molecule has 0 saturated heterocycles. The zero-order chi connectivity index (χ0) is 10.3. The minimum atomic E-state index is -1.16. The van der Waals surface area contributed by atoms with Crippen LogP contribution in [0.3, 0.4) is 0 Å². The first-order chi connectivity index (χ1) is 6.61. The number of hydrogen-bond donors (Lipinski definition) is 4. The molecule has 0 aliphatic carbocycles. The Balaban J connectivity index is 2.98. The Kier molecular flexibility index (Phi) is 1.53. The quantitative estimate of drug-likeness (QED) is 0.488. The average molecular weight is 194 g/mol. The van der Waals surface area contributed by atoms with Gasteiger partial charge in [-0.05, 0) is 0 Å². The van der Waals surface area contributed by atoms with E-state index in [1.807, 2.05) is 0 Å². The number of rotatable bonds is 1. The van der Waals surface area contributed by atoms with Gasteiger partial charge in [-0.3, -0.25) is 9.89 Å². The number of nitrogens with two attached hydrogens (primary N) is 1. The number of carboxylic acids is 1. The van der Waals surface area contributed by atoms with Crippen LogP contribution in [0.15, 0.2) is 11.0 Å². The van der Waals surface area contributed by atoms with Crippen LogP contribution in [-0.2, 0) is 0 Å². The van der Waals surface area contributed by atoms with Gasteiger partial charge in [-0.2, -0.15) is 5.10 Å². The van der Waals surface area contributed by atoms with Crippen LogP contribution >= 0.6 is 0 Å². The van der Waals surface area contributed by atoms with Crippen molar-refractivity contribution in [3.63, 3.8) is 0 Å². The molecule has 2 heterocycles. The predicted octanol–water partition coefficient (Wildman–Crippen LogP) is -0.468. The molecule has 0 spiro atoms. The van der Waals surface area contributed by atoms with Gasteiger partial charge in [-0.1, -0.05) is 0 Å². The van der Waals surface area contributed by atoms with Crippen LogP contribution in [0.5, 0.6) is 0 Å². The molecule has 0 amide bonds. The standard InChI is InChI=1S/C7H6N4O3/c8-5-3-4(10-11-5)2(7(13)14)1-9-6(3)12/h1H,(H,9,12)(H,13,14)(H3,8,10,11). The third-order valence-corrected chi connectivity index (χ3v) is 1.87. The van der Waals surface area contributed by atoms with Crippen molar-refractivity contribution >= 4 is 22.7 Å². The fraction of sp³-hybridized carbons (Fsp3) is 0. The van der Waals surface area contributed by atoms with E-state index < -0.39 is 11.5 Å². The molecule has 0 aromatic carbocycles. The molecule has 0 aliphatic rings. The van der Waals surface area contributed by atoms with Crippen LogP contribution in [0.1, 0.15) is 10.4 Å². The van der Waals surface area contributed by atoms with Crippen molar-refractivity contribution in [2.24, 2.45) is 0 Å². The summed E-state index contributed by atoms with van der Waals surface area (Å²) in [5.41, 5.74) is 5.00. The fourth-order valence-corrected chi connectivity index (χ4v) is 1.23. The van der Waals surface area contributed by atoms with E-state index >= 15 is 0 Å². The molecule has 7 heteroatoms.